The molecule has 0 aromatic heterocycles. The molecule has 5 nitrogen and oxygen atoms in total. The quantitative estimate of drug-likeness (QED) is 0.520. The molecule has 0 fully saturated rings. The van der Waals surface area contributed by atoms with E-state index in [1.165, 1.54) is 6.92 Å². The first kappa shape index (κ1) is 16.2. The molecule has 6 heteroatoms. The van der Waals surface area contributed by atoms with Gasteiger partial charge >= 0.3 is 5.97 Å². The normalized spacial score (nSPS) is 12.6. The van der Waals surface area contributed by atoms with Crippen LogP contribution >= 0.6 is 0 Å². The Morgan fingerprint density at radius 1 is 1.09 bits per heavy atom. The fourth-order valence-electron chi connectivity index (χ4n) is 2.14. The molecule has 0 heterocycles. The molecule has 0 bridgehead atoms. The minimum atomic E-state index is -4.23. The number of carbonyl (C=O) groups is 1. The Kier molecular flexibility index (Phi) is 4.95. The van der Waals surface area contributed by atoms with Crippen LogP contribution in [0.1, 0.15) is 23.3 Å². The van der Waals surface area contributed by atoms with Crippen molar-refractivity contribution in [2.45, 2.75) is 18.6 Å². The van der Waals surface area contributed by atoms with E-state index in [1.54, 1.807) is 54.6 Å². The fraction of sp³-hybridized carbons (Fsp3) is 0.188. The highest BCUT2D eigenvalue weighted by molar-refractivity contribution is 7.86. The van der Waals surface area contributed by atoms with Crippen molar-refractivity contribution in [2.75, 3.05) is 0 Å². The number of rotatable bonds is 5. The largest absolute Gasteiger partial charge is 0.427 e. The van der Waals surface area contributed by atoms with Gasteiger partial charge in [0.25, 0.3) is 10.1 Å². The summed E-state index contributed by atoms with van der Waals surface area (Å²) in [5.41, 5.74) is 1.23. The summed E-state index contributed by atoms with van der Waals surface area (Å²) < 4.78 is 37.7. The first-order chi connectivity index (χ1) is 10.4. The highest BCUT2D eigenvalue weighted by Crippen LogP contribution is 2.26. The third kappa shape index (κ3) is 4.41. The van der Waals surface area contributed by atoms with Crippen LogP contribution in [0.15, 0.2) is 54.6 Å². The van der Waals surface area contributed by atoms with Gasteiger partial charge in [-0.15, -0.1) is 0 Å². The Bertz CT molecular complexity index is 736. The Balaban J connectivity index is 2.23. The van der Waals surface area contributed by atoms with E-state index in [9.17, 15) is 17.8 Å². The van der Waals surface area contributed by atoms with Crippen LogP contribution in [0.4, 0.5) is 0 Å². The summed E-state index contributed by atoms with van der Waals surface area (Å²) in [4.78, 5) is 10.9. The Morgan fingerprint density at radius 2 is 1.68 bits per heavy atom. The van der Waals surface area contributed by atoms with E-state index in [0.717, 1.165) is 0 Å². The second-order valence-corrected chi connectivity index (χ2v) is 6.45. The molecule has 0 aliphatic heterocycles. The van der Waals surface area contributed by atoms with Crippen LogP contribution in [0.5, 0.6) is 5.75 Å². The number of esters is 1. The Hall–Kier alpha value is -2.18. The second kappa shape index (κ2) is 6.72. The van der Waals surface area contributed by atoms with Gasteiger partial charge in [-0.25, -0.2) is 0 Å². The van der Waals surface area contributed by atoms with E-state index in [0.29, 0.717) is 16.9 Å². The molecule has 22 heavy (non-hydrogen) atoms. The average molecular weight is 320 g/mol. The monoisotopic (exact) mass is 320 g/mol. The smallest absolute Gasteiger partial charge is 0.308 e. The number of ether oxygens (including phenoxy) is 1. The number of hydrogen-bond donors (Lipinski definition) is 1. The number of carbonyl (C=O) groups excluding carboxylic acids is 1. The van der Waals surface area contributed by atoms with Gasteiger partial charge in [-0.1, -0.05) is 42.5 Å². The van der Waals surface area contributed by atoms with Crippen LogP contribution in [-0.2, 0) is 21.3 Å². The third-order valence-electron chi connectivity index (χ3n) is 3.14. The van der Waals surface area contributed by atoms with Crippen molar-refractivity contribution in [1.82, 2.24) is 0 Å². The van der Waals surface area contributed by atoms with Gasteiger partial charge in [0, 0.05) is 6.92 Å². The van der Waals surface area contributed by atoms with Crippen LogP contribution in [0.25, 0.3) is 0 Å². The summed E-state index contributed by atoms with van der Waals surface area (Å²) in [5, 5.41) is -1.03. The predicted octanol–water partition coefficient (Wildman–Crippen LogP) is 2.78. The molecule has 0 saturated carbocycles. The van der Waals surface area contributed by atoms with Crippen molar-refractivity contribution in [3.8, 4) is 5.75 Å². The molecule has 0 amide bonds. The Labute approximate surface area is 129 Å². The lowest BCUT2D eigenvalue weighted by Crippen LogP contribution is -2.15. The number of hydrogen-bond acceptors (Lipinski definition) is 4. The maximum Gasteiger partial charge on any atom is 0.308 e. The molecule has 2 aromatic carbocycles. The lowest BCUT2D eigenvalue weighted by Gasteiger charge is -2.14. The molecule has 0 aliphatic carbocycles. The first-order valence-electron chi connectivity index (χ1n) is 6.65. The second-order valence-electron chi connectivity index (χ2n) is 4.86. The summed E-state index contributed by atoms with van der Waals surface area (Å²) >= 11 is 0. The lowest BCUT2D eigenvalue weighted by atomic mass is 10.0. The van der Waals surface area contributed by atoms with Gasteiger partial charge in [-0.05, 0) is 29.7 Å². The van der Waals surface area contributed by atoms with Crippen molar-refractivity contribution in [3.05, 3.63) is 65.7 Å². The fourth-order valence-corrected chi connectivity index (χ4v) is 3.04. The summed E-state index contributed by atoms with van der Waals surface area (Å²) in [7, 11) is -4.23. The first-order valence-corrected chi connectivity index (χ1v) is 8.15. The third-order valence-corrected chi connectivity index (χ3v) is 4.29. The molecule has 2 aromatic rings. The van der Waals surface area contributed by atoms with Crippen molar-refractivity contribution < 1.29 is 22.5 Å². The standard InChI is InChI=1S/C16H16O5S/c1-12(17)21-15-9-7-13(8-10-15)11-16(22(18,19)20)14-5-3-2-4-6-14/h2-10,16H,11H2,1H3,(H,18,19,20). The van der Waals surface area contributed by atoms with Gasteiger partial charge < -0.3 is 4.74 Å². The van der Waals surface area contributed by atoms with Crippen molar-refractivity contribution in [3.63, 3.8) is 0 Å². The molecule has 0 aliphatic rings. The molecule has 1 unspecified atom stereocenters. The van der Waals surface area contributed by atoms with E-state index < -0.39 is 21.3 Å². The highest BCUT2D eigenvalue weighted by atomic mass is 32.2. The summed E-state index contributed by atoms with van der Waals surface area (Å²) in [6.45, 7) is 1.30. The van der Waals surface area contributed by atoms with Crippen LogP contribution in [0.2, 0.25) is 0 Å². The predicted molar refractivity (Wildman–Crippen MR) is 82.2 cm³/mol. The van der Waals surface area contributed by atoms with Crippen molar-refractivity contribution >= 4 is 16.1 Å². The lowest BCUT2D eigenvalue weighted by molar-refractivity contribution is -0.131. The number of benzene rings is 2. The molecule has 1 N–H and O–H groups in total. The molecular formula is C16H16O5S. The topological polar surface area (TPSA) is 80.7 Å². The van der Waals surface area contributed by atoms with E-state index in [1.807, 2.05) is 0 Å². The molecule has 2 rings (SSSR count). The summed E-state index contributed by atoms with van der Waals surface area (Å²) in [6, 6.07) is 15.0. The van der Waals surface area contributed by atoms with E-state index in [4.69, 9.17) is 4.74 Å². The van der Waals surface area contributed by atoms with Gasteiger partial charge in [0.15, 0.2) is 0 Å². The molecule has 116 valence electrons. The van der Waals surface area contributed by atoms with E-state index >= 15 is 0 Å². The zero-order valence-electron chi connectivity index (χ0n) is 12.0. The highest BCUT2D eigenvalue weighted by Gasteiger charge is 2.25. The molecule has 0 radical (unpaired) electrons. The zero-order valence-corrected chi connectivity index (χ0v) is 12.8. The van der Waals surface area contributed by atoms with Crippen LogP contribution in [-0.4, -0.2) is 18.9 Å². The van der Waals surface area contributed by atoms with Crippen molar-refractivity contribution in [1.29, 1.82) is 0 Å². The minimum absolute atomic E-state index is 0.128. The average Bonchev–Trinajstić information content (AvgIpc) is 2.45. The van der Waals surface area contributed by atoms with E-state index in [-0.39, 0.29) is 6.42 Å². The van der Waals surface area contributed by atoms with Gasteiger partial charge in [-0.2, -0.15) is 8.42 Å². The molecule has 0 saturated heterocycles. The molecule has 0 spiro atoms. The Morgan fingerprint density at radius 3 is 2.18 bits per heavy atom. The van der Waals surface area contributed by atoms with Crippen molar-refractivity contribution in [2.24, 2.45) is 0 Å². The van der Waals surface area contributed by atoms with Crippen LogP contribution < -0.4 is 4.74 Å². The maximum absolute atomic E-state index is 11.6. The van der Waals surface area contributed by atoms with Gasteiger partial charge in [0.1, 0.15) is 11.0 Å². The van der Waals surface area contributed by atoms with Gasteiger partial charge in [-0.3, -0.25) is 9.35 Å². The summed E-state index contributed by atoms with van der Waals surface area (Å²) in [5.74, 6) is -0.0350. The summed E-state index contributed by atoms with van der Waals surface area (Å²) in [6.07, 6.45) is 0.128. The van der Waals surface area contributed by atoms with Crippen LogP contribution in [0, 0.1) is 0 Å². The SMILES string of the molecule is CC(=O)Oc1ccc(CC(c2ccccc2)S(=O)(=O)O)cc1. The van der Waals surface area contributed by atoms with E-state index in [2.05, 4.69) is 0 Å². The van der Waals surface area contributed by atoms with Gasteiger partial charge in [0.05, 0.1) is 0 Å². The maximum atomic E-state index is 11.6. The molecular weight excluding hydrogens is 304 g/mol. The minimum Gasteiger partial charge on any atom is -0.427 e. The van der Waals surface area contributed by atoms with Gasteiger partial charge in [0.2, 0.25) is 0 Å². The molecule has 1 atom stereocenters. The van der Waals surface area contributed by atoms with Crippen LogP contribution in [0.3, 0.4) is 0 Å². The zero-order chi connectivity index (χ0) is 16.2.